The minimum absolute atomic E-state index is 0.0488. The summed E-state index contributed by atoms with van der Waals surface area (Å²) in [6, 6.07) is 15.6. The van der Waals surface area contributed by atoms with Crippen LogP contribution in [0.3, 0.4) is 0 Å². The maximum absolute atomic E-state index is 12.7. The number of likely N-dealkylation sites (N-methyl/N-ethyl adjacent to an activating group) is 1. The average Bonchev–Trinajstić information content (AvgIpc) is 3.39. The largest absolute Gasteiger partial charge is 0.491 e. The first kappa shape index (κ1) is 26.4. The maximum Gasteiger partial charge on any atom is 0.237 e. The van der Waals surface area contributed by atoms with Crippen molar-refractivity contribution in [3.63, 3.8) is 0 Å². The Morgan fingerprint density at radius 3 is 2.72 bits per heavy atom. The van der Waals surface area contributed by atoms with Crippen molar-refractivity contribution < 1.29 is 14.3 Å². The highest BCUT2D eigenvalue weighted by Crippen LogP contribution is 2.34. The average molecular weight is 527 g/mol. The number of carbonyl (C=O) groups excluding carboxylic acids is 1. The van der Waals surface area contributed by atoms with E-state index in [2.05, 4.69) is 20.3 Å². The first-order valence-electron chi connectivity index (χ1n) is 13.2. The lowest BCUT2D eigenvalue weighted by Crippen LogP contribution is -2.43. The van der Waals surface area contributed by atoms with Crippen LogP contribution in [0, 0.1) is 13.8 Å². The van der Waals surface area contributed by atoms with E-state index in [9.17, 15) is 4.79 Å². The Morgan fingerprint density at radius 1 is 1.08 bits per heavy atom. The second kappa shape index (κ2) is 11.7. The number of anilines is 2. The molecule has 1 aliphatic rings. The lowest BCUT2D eigenvalue weighted by atomic mass is 10.1. The molecule has 202 valence electrons. The van der Waals surface area contributed by atoms with Gasteiger partial charge in [0.2, 0.25) is 5.91 Å². The number of amides is 1. The Balaban J connectivity index is 1.34. The number of hydrogen-bond acceptors (Lipinski definition) is 8. The van der Waals surface area contributed by atoms with Crippen LogP contribution in [0.1, 0.15) is 24.1 Å². The van der Waals surface area contributed by atoms with E-state index in [1.165, 1.54) is 0 Å². The standard InChI is InChI=1S/C30H34N6O3/c1-20-15-22(11-13-26(20)39-24-12-10-21(2)31-16-24)34-30-29-25(32-19-33-30)8-5-9-27(29)38-18-23-7-6-14-36(23)28(37)17-35(3)4/h5,8-13,15-16,19,23H,6-7,14,17-18H2,1-4H3,(H,32,33,34). The number of rotatable bonds is 9. The summed E-state index contributed by atoms with van der Waals surface area (Å²) in [5, 5.41) is 4.23. The van der Waals surface area contributed by atoms with Gasteiger partial charge >= 0.3 is 0 Å². The smallest absolute Gasteiger partial charge is 0.237 e. The number of nitrogens with zero attached hydrogens (tertiary/aromatic N) is 5. The Kier molecular flexibility index (Phi) is 7.88. The van der Waals surface area contributed by atoms with Crippen molar-refractivity contribution in [3.8, 4) is 17.2 Å². The molecule has 9 heteroatoms. The number of carbonyl (C=O) groups is 1. The molecule has 0 bridgehead atoms. The molecule has 1 amide bonds. The fourth-order valence-corrected chi connectivity index (χ4v) is 4.80. The van der Waals surface area contributed by atoms with Gasteiger partial charge in [-0.25, -0.2) is 9.97 Å². The molecule has 2 aromatic carbocycles. The molecule has 0 saturated carbocycles. The van der Waals surface area contributed by atoms with E-state index in [1.54, 1.807) is 12.5 Å². The lowest BCUT2D eigenvalue weighted by Gasteiger charge is -2.26. The summed E-state index contributed by atoms with van der Waals surface area (Å²) in [6.07, 6.45) is 5.18. The van der Waals surface area contributed by atoms with E-state index in [-0.39, 0.29) is 11.9 Å². The molecule has 9 nitrogen and oxygen atoms in total. The molecule has 0 radical (unpaired) electrons. The summed E-state index contributed by atoms with van der Waals surface area (Å²) in [5.41, 5.74) is 3.56. The zero-order valence-corrected chi connectivity index (χ0v) is 22.8. The molecule has 1 unspecified atom stereocenters. The monoisotopic (exact) mass is 526 g/mol. The van der Waals surface area contributed by atoms with Crippen molar-refractivity contribution in [1.82, 2.24) is 24.8 Å². The zero-order chi connectivity index (χ0) is 27.4. The predicted octanol–water partition coefficient (Wildman–Crippen LogP) is 5.11. The molecule has 1 fully saturated rings. The summed E-state index contributed by atoms with van der Waals surface area (Å²) in [4.78, 5) is 29.8. The first-order chi connectivity index (χ1) is 18.9. The van der Waals surface area contributed by atoms with Crippen LogP contribution in [0.5, 0.6) is 17.2 Å². The third kappa shape index (κ3) is 6.26. The third-order valence-electron chi connectivity index (χ3n) is 6.75. The molecule has 3 heterocycles. The van der Waals surface area contributed by atoms with Gasteiger partial charge < -0.3 is 24.6 Å². The van der Waals surface area contributed by atoms with Gasteiger partial charge in [-0.3, -0.25) is 9.78 Å². The molecular weight excluding hydrogens is 492 g/mol. The molecular formula is C30H34N6O3. The number of ether oxygens (including phenoxy) is 2. The van der Waals surface area contributed by atoms with Crippen molar-refractivity contribution in [1.29, 1.82) is 0 Å². The predicted molar refractivity (Wildman–Crippen MR) is 152 cm³/mol. The Morgan fingerprint density at radius 2 is 1.95 bits per heavy atom. The number of fused-ring (bicyclic) bond motifs is 1. The Bertz CT molecular complexity index is 1450. The molecule has 1 aliphatic heterocycles. The summed E-state index contributed by atoms with van der Waals surface area (Å²) in [6.45, 7) is 5.54. The van der Waals surface area contributed by atoms with Gasteiger partial charge in [-0.1, -0.05) is 6.07 Å². The Hall–Kier alpha value is -4.24. The van der Waals surface area contributed by atoms with Crippen LogP contribution < -0.4 is 14.8 Å². The molecule has 2 aromatic heterocycles. The number of aromatic nitrogens is 3. The number of nitrogens with one attached hydrogen (secondary N) is 1. The normalized spacial score (nSPS) is 15.1. The second-order valence-electron chi connectivity index (χ2n) is 10.1. The first-order valence-corrected chi connectivity index (χ1v) is 13.2. The molecule has 0 aliphatic carbocycles. The fraction of sp³-hybridized carbons (Fsp3) is 0.333. The Labute approximate surface area is 228 Å². The van der Waals surface area contributed by atoms with Crippen molar-refractivity contribution >= 4 is 28.3 Å². The van der Waals surface area contributed by atoms with Crippen molar-refractivity contribution in [2.24, 2.45) is 0 Å². The fourth-order valence-electron chi connectivity index (χ4n) is 4.80. The highest BCUT2D eigenvalue weighted by molar-refractivity contribution is 5.95. The van der Waals surface area contributed by atoms with Gasteiger partial charge in [0.05, 0.1) is 29.7 Å². The zero-order valence-electron chi connectivity index (χ0n) is 22.8. The summed E-state index contributed by atoms with van der Waals surface area (Å²) < 4.78 is 12.4. The van der Waals surface area contributed by atoms with Gasteiger partial charge in [-0.05, 0) is 88.8 Å². The highest BCUT2D eigenvalue weighted by Gasteiger charge is 2.29. The molecule has 39 heavy (non-hydrogen) atoms. The van der Waals surface area contributed by atoms with Crippen LogP contribution in [0.4, 0.5) is 11.5 Å². The van der Waals surface area contributed by atoms with Gasteiger partial charge in [0.1, 0.15) is 36.0 Å². The molecule has 0 spiro atoms. The van der Waals surface area contributed by atoms with Crippen LogP contribution >= 0.6 is 0 Å². The third-order valence-corrected chi connectivity index (χ3v) is 6.75. The van der Waals surface area contributed by atoms with Gasteiger partial charge in [-0.2, -0.15) is 0 Å². The molecule has 4 aromatic rings. The summed E-state index contributed by atoms with van der Waals surface area (Å²) in [5.74, 6) is 2.92. The summed E-state index contributed by atoms with van der Waals surface area (Å²) >= 11 is 0. The molecule has 1 atom stereocenters. The van der Waals surface area contributed by atoms with Crippen LogP contribution in [-0.2, 0) is 4.79 Å². The molecule has 1 N–H and O–H groups in total. The van der Waals surface area contributed by atoms with Gasteiger partial charge in [0.25, 0.3) is 0 Å². The SMILES string of the molecule is Cc1ccc(Oc2ccc(Nc3ncnc4cccc(OCC5CCCN5C(=O)CN(C)C)c34)cc2C)cn1. The van der Waals surface area contributed by atoms with E-state index in [1.807, 2.05) is 86.3 Å². The van der Waals surface area contributed by atoms with E-state index in [0.29, 0.717) is 30.5 Å². The second-order valence-corrected chi connectivity index (χ2v) is 10.1. The van der Waals surface area contributed by atoms with E-state index < -0.39 is 0 Å². The van der Waals surface area contributed by atoms with Gasteiger partial charge in [0.15, 0.2) is 0 Å². The van der Waals surface area contributed by atoms with Crippen LogP contribution in [0.2, 0.25) is 0 Å². The minimum atomic E-state index is 0.0488. The summed E-state index contributed by atoms with van der Waals surface area (Å²) in [7, 11) is 3.82. The van der Waals surface area contributed by atoms with Crippen LogP contribution in [-0.4, -0.2) is 70.5 Å². The van der Waals surface area contributed by atoms with E-state index in [0.717, 1.165) is 53.0 Å². The maximum atomic E-state index is 12.7. The number of aryl methyl sites for hydroxylation is 2. The topological polar surface area (TPSA) is 92.7 Å². The molecule has 1 saturated heterocycles. The highest BCUT2D eigenvalue weighted by atomic mass is 16.5. The van der Waals surface area contributed by atoms with Crippen LogP contribution in [0.15, 0.2) is 61.1 Å². The van der Waals surface area contributed by atoms with Crippen LogP contribution in [0.25, 0.3) is 10.9 Å². The number of pyridine rings is 1. The van der Waals surface area contributed by atoms with E-state index >= 15 is 0 Å². The van der Waals surface area contributed by atoms with E-state index in [4.69, 9.17) is 9.47 Å². The minimum Gasteiger partial charge on any atom is -0.491 e. The number of hydrogen-bond donors (Lipinski definition) is 1. The number of benzene rings is 2. The van der Waals surface area contributed by atoms with Gasteiger partial charge in [-0.15, -0.1) is 0 Å². The van der Waals surface area contributed by atoms with Gasteiger partial charge in [0, 0.05) is 17.9 Å². The van der Waals surface area contributed by atoms with Crippen molar-refractivity contribution in [3.05, 3.63) is 72.3 Å². The van der Waals surface area contributed by atoms with Crippen molar-refractivity contribution in [2.45, 2.75) is 32.7 Å². The molecule has 5 rings (SSSR count). The lowest BCUT2D eigenvalue weighted by molar-refractivity contribution is -0.133. The quantitative estimate of drug-likeness (QED) is 0.322. The van der Waals surface area contributed by atoms with Crippen molar-refractivity contribution in [2.75, 3.05) is 39.1 Å². The number of likely N-dealkylation sites (tertiary alicyclic amines) is 1.